The molecule has 5 nitrogen and oxygen atoms in total. The van der Waals surface area contributed by atoms with Gasteiger partial charge < -0.3 is 5.11 Å². The summed E-state index contributed by atoms with van der Waals surface area (Å²) in [6.07, 6.45) is 0. The molecule has 0 spiro atoms. The maximum Gasteiger partial charge on any atom is 0.313 e. The van der Waals surface area contributed by atoms with Gasteiger partial charge in [-0.2, -0.15) is 0 Å². The van der Waals surface area contributed by atoms with Gasteiger partial charge in [-0.05, 0) is 48.3 Å². The normalized spacial score (nSPS) is 11.2. The molecule has 0 aliphatic rings. The summed E-state index contributed by atoms with van der Waals surface area (Å²) in [4.78, 5) is 11.7. The van der Waals surface area contributed by atoms with Crippen LogP contribution in [-0.4, -0.2) is 31.6 Å². The molecule has 108 valence electrons. The van der Waals surface area contributed by atoms with Crippen LogP contribution in [0.4, 0.5) is 0 Å². The number of hydrogen-bond acceptors (Lipinski definition) is 5. The van der Waals surface area contributed by atoms with E-state index in [1.807, 2.05) is 25.3 Å². The number of carbonyl (C=O) groups is 1. The second-order valence-electron chi connectivity index (χ2n) is 4.52. The highest BCUT2D eigenvalue weighted by molar-refractivity contribution is 9.11. The summed E-state index contributed by atoms with van der Waals surface area (Å²) < 4.78 is 3.05. The van der Waals surface area contributed by atoms with Crippen LogP contribution in [0.15, 0.2) is 15.0 Å². The topological polar surface area (TPSA) is 68.0 Å². The lowest BCUT2D eigenvalue weighted by atomic mass is 10.3. The number of halogens is 1. The van der Waals surface area contributed by atoms with Crippen molar-refractivity contribution in [2.24, 2.45) is 0 Å². The highest BCUT2D eigenvalue weighted by Crippen LogP contribution is 2.36. The zero-order chi connectivity index (χ0) is 14.9. The molecule has 0 bridgehead atoms. The van der Waals surface area contributed by atoms with Crippen LogP contribution >= 0.6 is 39.0 Å². The third kappa shape index (κ3) is 3.24. The van der Waals surface area contributed by atoms with Crippen molar-refractivity contribution in [2.45, 2.75) is 32.0 Å². The zero-order valence-corrected chi connectivity index (χ0v) is 14.5. The van der Waals surface area contributed by atoms with Crippen LogP contribution in [-0.2, 0) is 4.79 Å². The summed E-state index contributed by atoms with van der Waals surface area (Å²) in [5, 5.41) is 17.8. The molecule has 20 heavy (non-hydrogen) atoms. The molecule has 2 rings (SSSR count). The van der Waals surface area contributed by atoms with E-state index in [0.29, 0.717) is 5.16 Å². The van der Waals surface area contributed by atoms with Crippen molar-refractivity contribution in [3.05, 3.63) is 15.4 Å². The van der Waals surface area contributed by atoms with Gasteiger partial charge in [0.1, 0.15) is 0 Å². The average molecular weight is 376 g/mol. The Bertz CT molecular complexity index is 617. The van der Waals surface area contributed by atoms with E-state index in [1.165, 1.54) is 11.8 Å². The first-order chi connectivity index (χ1) is 9.40. The van der Waals surface area contributed by atoms with Crippen molar-refractivity contribution >= 4 is 45.0 Å². The van der Waals surface area contributed by atoms with Crippen LogP contribution in [0.25, 0.3) is 10.7 Å². The van der Waals surface area contributed by atoms with E-state index in [0.717, 1.165) is 20.1 Å². The Morgan fingerprint density at radius 3 is 2.75 bits per heavy atom. The third-order valence-corrected chi connectivity index (χ3v) is 5.64. The lowest BCUT2D eigenvalue weighted by molar-refractivity contribution is -0.133. The molecule has 0 radical (unpaired) electrons. The minimum Gasteiger partial charge on any atom is -0.481 e. The van der Waals surface area contributed by atoms with Gasteiger partial charge >= 0.3 is 5.97 Å². The van der Waals surface area contributed by atoms with E-state index in [9.17, 15) is 4.79 Å². The highest BCUT2D eigenvalue weighted by Gasteiger charge is 2.19. The fourth-order valence-electron chi connectivity index (χ4n) is 1.71. The number of rotatable bonds is 5. The van der Waals surface area contributed by atoms with Gasteiger partial charge in [0.05, 0.1) is 14.4 Å². The molecule has 0 fully saturated rings. The van der Waals surface area contributed by atoms with Gasteiger partial charge in [-0.25, -0.2) is 0 Å². The number of carboxylic acids is 1. The molecule has 0 saturated carbocycles. The molecule has 2 aromatic rings. The van der Waals surface area contributed by atoms with Crippen LogP contribution in [0.1, 0.15) is 25.5 Å². The molecule has 0 unspecified atom stereocenters. The first-order valence-corrected chi connectivity index (χ1v) is 8.55. The molecular weight excluding hydrogens is 362 g/mol. The van der Waals surface area contributed by atoms with E-state index in [4.69, 9.17) is 5.11 Å². The van der Waals surface area contributed by atoms with Gasteiger partial charge in [0.25, 0.3) is 0 Å². The molecule has 0 atom stereocenters. The van der Waals surface area contributed by atoms with Crippen LogP contribution in [0.3, 0.4) is 0 Å². The van der Waals surface area contributed by atoms with Crippen LogP contribution < -0.4 is 0 Å². The molecule has 8 heteroatoms. The first-order valence-electron chi connectivity index (χ1n) is 5.96. The fourth-order valence-corrected chi connectivity index (χ4v) is 4.01. The fraction of sp³-hybridized carbons (Fsp3) is 0.417. The maximum absolute atomic E-state index is 10.7. The largest absolute Gasteiger partial charge is 0.481 e. The van der Waals surface area contributed by atoms with E-state index < -0.39 is 5.97 Å². The smallest absolute Gasteiger partial charge is 0.313 e. The summed E-state index contributed by atoms with van der Waals surface area (Å²) in [5.74, 6) is -0.0888. The predicted molar refractivity (Wildman–Crippen MR) is 84.5 cm³/mol. The zero-order valence-electron chi connectivity index (χ0n) is 11.3. The number of nitrogens with zero attached hydrogens (tertiary/aromatic N) is 3. The van der Waals surface area contributed by atoms with Gasteiger partial charge in [0, 0.05) is 6.04 Å². The van der Waals surface area contributed by atoms with Crippen molar-refractivity contribution in [3.8, 4) is 10.7 Å². The summed E-state index contributed by atoms with van der Waals surface area (Å²) in [6.45, 7) is 6.10. The minimum absolute atomic E-state index is 0.0159. The summed E-state index contributed by atoms with van der Waals surface area (Å²) in [6, 6.07) is 2.22. The Labute approximate surface area is 133 Å². The summed E-state index contributed by atoms with van der Waals surface area (Å²) in [7, 11) is 0. The van der Waals surface area contributed by atoms with Crippen LogP contribution in [0.5, 0.6) is 0 Å². The molecule has 2 heterocycles. The molecule has 0 saturated heterocycles. The molecule has 0 amide bonds. The summed E-state index contributed by atoms with van der Waals surface area (Å²) >= 11 is 6.31. The minimum atomic E-state index is -0.857. The van der Waals surface area contributed by atoms with Gasteiger partial charge in [0.15, 0.2) is 11.0 Å². The second kappa shape index (κ2) is 6.28. The molecule has 2 aromatic heterocycles. The number of hydrogen-bond donors (Lipinski definition) is 1. The molecule has 1 N–H and O–H groups in total. The van der Waals surface area contributed by atoms with Crippen molar-refractivity contribution in [1.82, 2.24) is 14.8 Å². The molecule has 0 aliphatic heterocycles. The number of aryl methyl sites for hydroxylation is 1. The SMILES string of the molecule is Cc1cc(-c2nnc(SCC(=O)O)n2C(C)C)sc1Br. The number of aromatic nitrogens is 3. The number of aliphatic carboxylic acids is 1. The predicted octanol–water partition coefficient (Wildman–Crippen LogP) is 3.84. The molecular formula is C12H14BrN3O2S2. The van der Waals surface area contributed by atoms with E-state index in [2.05, 4.69) is 32.2 Å². The van der Waals surface area contributed by atoms with Crippen LogP contribution in [0.2, 0.25) is 0 Å². The highest BCUT2D eigenvalue weighted by atomic mass is 79.9. The van der Waals surface area contributed by atoms with E-state index in [1.54, 1.807) is 11.3 Å². The summed E-state index contributed by atoms with van der Waals surface area (Å²) in [5.41, 5.74) is 1.16. The number of thiophene rings is 1. The Kier molecular flexibility index (Phi) is 4.87. The second-order valence-corrected chi connectivity index (χ2v) is 7.83. The third-order valence-electron chi connectivity index (χ3n) is 2.58. The van der Waals surface area contributed by atoms with Crippen molar-refractivity contribution in [3.63, 3.8) is 0 Å². The quantitative estimate of drug-likeness (QED) is 0.804. The van der Waals surface area contributed by atoms with Crippen molar-refractivity contribution in [1.29, 1.82) is 0 Å². The van der Waals surface area contributed by atoms with Gasteiger partial charge in [0.2, 0.25) is 0 Å². The Balaban J connectivity index is 2.41. The Morgan fingerprint density at radius 1 is 1.55 bits per heavy atom. The first kappa shape index (κ1) is 15.5. The monoisotopic (exact) mass is 375 g/mol. The average Bonchev–Trinajstić information content (AvgIpc) is 2.91. The lowest BCUT2D eigenvalue weighted by Gasteiger charge is -2.12. The van der Waals surface area contributed by atoms with E-state index >= 15 is 0 Å². The number of thioether (sulfide) groups is 1. The Morgan fingerprint density at radius 2 is 2.25 bits per heavy atom. The van der Waals surface area contributed by atoms with Gasteiger partial charge in [-0.1, -0.05) is 11.8 Å². The molecule has 0 aliphatic carbocycles. The van der Waals surface area contributed by atoms with Gasteiger partial charge in [-0.3, -0.25) is 9.36 Å². The maximum atomic E-state index is 10.7. The molecule has 0 aromatic carbocycles. The van der Waals surface area contributed by atoms with Crippen LogP contribution in [0, 0.1) is 6.92 Å². The lowest BCUT2D eigenvalue weighted by Crippen LogP contribution is -2.06. The van der Waals surface area contributed by atoms with E-state index in [-0.39, 0.29) is 11.8 Å². The van der Waals surface area contributed by atoms with Crippen molar-refractivity contribution in [2.75, 3.05) is 5.75 Å². The van der Waals surface area contributed by atoms with Crippen molar-refractivity contribution < 1.29 is 9.90 Å². The number of carboxylic acid groups (broad SMARTS) is 1. The van der Waals surface area contributed by atoms with Gasteiger partial charge in [-0.15, -0.1) is 21.5 Å². The standard InChI is InChI=1S/C12H14BrN3O2S2/c1-6(2)16-11(8-4-7(3)10(13)20-8)14-15-12(16)19-5-9(17)18/h4,6H,5H2,1-3H3,(H,17,18). The Hall–Kier alpha value is -0.860.